The zero-order chi connectivity index (χ0) is 22.7. The fourth-order valence-electron chi connectivity index (χ4n) is 3.49. The lowest BCUT2D eigenvalue weighted by atomic mass is 10.0. The second kappa shape index (κ2) is 8.81. The summed E-state index contributed by atoms with van der Waals surface area (Å²) < 4.78 is 43.7. The van der Waals surface area contributed by atoms with E-state index in [0.717, 1.165) is 12.1 Å². The van der Waals surface area contributed by atoms with Gasteiger partial charge in [0.05, 0.1) is 11.8 Å². The molecular weight excluding hydrogens is 425 g/mol. The Kier molecular flexibility index (Phi) is 5.93. The molecule has 1 saturated heterocycles. The summed E-state index contributed by atoms with van der Waals surface area (Å²) in [5.74, 6) is -0.247. The topological polar surface area (TPSA) is 88.3 Å². The van der Waals surface area contributed by atoms with Gasteiger partial charge in [0.2, 0.25) is 0 Å². The van der Waals surface area contributed by atoms with Gasteiger partial charge in [0, 0.05) is 37.1 Å². The molecule has 10 heteroatoms. The van der Waals surface area contributed by atoms with E-state index in [1.807, 2.05) is 0 Å². The van der Waals surface area contributed by atoms with E-state index < -0.39 is 17.6 Å². The van der Waals surface area contributed by atoms with Crippen LogP contribution in [0, 0.1) is 0 Å². The number of furan rings is 1. The van der Waals surface area contributed by atoms with Crippen LogP contribution in [-0.2, 0) is 6.18 Å². The zero-order valence-electron chi connectivity index (χ0n) is 16.8. The largest absolute Gasteiger partial charge is 0.451 e. The van der Waals surface area contributed by atoms with Crippen molar-refractivity contribution < 1.29 is 27.2 Å². The van der Waals surface area contributed by atoms with Crippen LogP contribution < -0.4 is 5.32 Å². The highest BCUT2D eigenvalue weighted by atomic mass is 19.4. The van der Waals surface area contributed by atoms with Crippen LogP contribution in [0.1, 0.15) is 39.4 Å². The van der Waals surface area contributed by atoms with E-state index in [4.69, 9.17) is 4.42 Å². The number of carbonyl (C=O) groups excluding carboxylic acids is 2. The van der Waals surface area contributed by atoms with Gasteiger partial charge >= 0.3 is 6.18 Å². The third-order valence-electron chi connectivity index (χ3n) is 5.23. The molecule has 2 amide bonds. The first-order chi connectivity index (χ1) is 15.3. The molecule has 1 aliphatic rings. The van der Waals surface area contributed by atoms with Crippen molar-refractivity contribution in [3.05, 3.63) is 72.0 Å². The van der Waals surface area contributed by atoms with Gasteiger partial charge < -0.3 is 14.6 Å². The molecule has 0 bridgehead atoms. The van der Waals surface area contributed by atoms with Gasteiger partial charge in [0.25, 0.3) is 11.8 Å². The maximum absolute atomic E-state index is 12.7. The van der Waals surface area contributed by atoms with Gasteiger partial charge in [-0.2, -0.15) is 13.2 Å². The zero-order valence-corrected chi connectivity index (χ0v) is 16.8. The Labute approximate surface area is 181 Å². The summed E-state index contributed by atoms with van der Waals surface area (Å²) in [6.45, 7) is 0.935. The first-order valence-electron chi connectivity index (χ1n) is 9.95. The van der Waals surface area contributed by atoms with Gasteiger partial charge in [-0.05, 0) is 37.1 Å². The Morgan fingerprint density at radius 2 is 1.75 bits per heavy atom. The Morgan fingerprint density at radius 3 is 2.38 bits per heavy atom. The average molecular weight is 444 g/mol. The lowest BCUT2D eigenvalue weighted by Gasteiger charge is -2.32. The minimum Gasteiger partial charge on any atom is -0.451 e. The molecule has 0 unspecified atom stereocenters. The molecule has 7 nitrogen and oxygen atoms in total. The summed E-state index contributed by atoms with van der Waals surface area (Å²) in [6.07, 6.45) is 1.11. The Bertz CT molecular complexity index is 1090. The Morgan fingerprint density at radius 1 is 1.03 bits per heavy atom. The maximum atomic E-state index is 12.7. The normalized spacial score (nSPS) is 14.9. The Hall–Kier alpha value is -3.69. The van der Waals surface area contributed by atoms with Crippen molar-refractivity contribution in [2.24, 2.45) is 0 Å². The van der Waals surface area contributed by atoms with Crippen molar-refractivity contribution in [3.8, 4) is 11.3 Å². The quantitative estimate of drug-likeness (QED) is 0.662. The van der Waals surface area contributed by atoms with E-state index in [-0.39, 0.29) is 23.4 Å². The number of nitrogens with zero attached hydrogens (tertiary/aromatic N) is 3. The van der Waals surface area contributed by atoms with Crippen molar-refractivity contribution in [3.63, 3.8) is 0 Å². The van der Waals surface area contributed by atoms with Crippen LogP contribution in [0.25, 0.3) is 11.3 Å². The van der Waals surface area contributed by atoms with Crippen molar-refractivity contribution in [2.45, 2.75) is 25.1 Å². The second-order valence-electron chi connectivity index (χ2n) is 7.37. The summed E-state index contributed by atoms with van der Waals surface area (Å²) in [4.78, 5) is 34.5. The highest BCUT2D eigenvalue weighted by molar-refractivity contribution is 5.93. The number of alkyl halides is 3. The lowest BCUT2D eigenvalue weighted by Crippen LogP contribution is -2.46. The number of halogens is 3. The molecule has 0 saturated carbocycles. The highest BCUT2D eigenvalue weighted by Gasteiger charge is 2.30. The third-order valence-corrected chi connectivity index (χ3v) is 5.23. The number of aromatic nitrogens is 2. The van der Waals surface area contributed by atoms with Crippen LogP contribution in [0.2, 0.25) is 0 Å². The standard InChI is InChI=1S/C22H19F3N4O3/c23-22(24,25)15-3-1-14(2-4-15)18-5-6-19(32-18)20(30)28-16-7-11-29(12-8-16)21(31)17-13-26-9-10-27-17/h1-6,9-10,13,16H,7-8,11-12H2,(H,28,30). The lowest BCUT2D eigenvalue weighted by molar-refractivity contribution is -0.137. The molecule has 0 spiro atoms. The SMILES string of the molecule is O=C(NC1CCN(C(=O)c2cnccn2)CC1)c1ccc(-c2ccc(C(F)(F)F)cc2)o1. The summed E-state index contributed by atoms with van der Waals surface area (Å²) in [5, 5.41) is 2.88. The minimum atomic E-state index is -4.42. The molecule has 1 fully saturated rings. The van der Waals surface area contributed by atoms with Crippen LogP contribution in [0.4, 0.5) is 13.2 Å². The van der Waals surface area contributed by atoms with Crippen LogP contribution in [0.3, 0.4) is 0 Å². The van der Waals surface area contributed by atoms with Gasteiger partial charge in [-0.15, -0.1) is 0 Å². The van der Waals surface area contributed by atoms with E-state index in [0.29, 0.717) is 37.3 Å². The summed E-state index contributed by atoms with van der Waals surface area (Å²) in [5.41, 5.74) is -0.0378. The summed E-state index contributed by atoms with van der Waals surface area (Å²) >= 11 is 0. The predicted molar refractivity (Wildman–Crippen MR) is 108 cm³/mol. The number of carbonyl (C=O) groups is 2. The van der Waals surface area contributed by atoms with E-state index in [1.165, 1.54) is 36.8 Å². The molecule has 1 aromatic carbocycles. The molecule has 32 heavy (non-hydrogen) atoms. The summed E-state index contributed by atoms with van der Waals surface area (Å²) in [6, 6.07) is 7.42. The summed E-state index contributed by atoms with van der Waals surface area (Å²) in [7, 11) is 0. The van der Waals surface area contributed by atoms with Crippen molar-refractivity contribution in [2.75, 3.05) is 13.1 Å². The van der Waals surface area contributed by atoms with Gasteiger partial charge in [0.15, 0.2) is 5.76 Å². The highest BCUT2D eigenvalue weighted by Crippen LogP contribution is 2.31. The van der Waals surface area contributed by atoms with Gasteiger partial charge in [-0.25, -0.2) is 4.98 Å². The molecule has 2 aromatic heterocycles. The molecule has 0 atom stereocenters. The monoisotopic (exact) mass is 444 g/mol. The van der Waals surface area contributed by atoms with Gasteiger partial charge in [-0.3, -0.25) is 14.6 Å². The van der Waals surface area contributed by atoms with E-state index in [2.05, 4.69) is 15.3 Å². The van der Waals surface area contributed by atoms with E-state index in [9.17, 15) is 22.8 Å². The number of piperidine rings is 1. The van der Waals surface area contributed by atoms with Crippen LogP contribution >= 0.6 is 0 Å². The van der Waals surface area contributed by atoms with E-state index >= 15 is 0 Å². The molecule has 3 heterocycles. The second-order valence-corrected chi connectivity index (χ2v) is 7.37. The number of rotatable bonds is 4. The molecule has 1 aliphatic heterocycles. The molecule has 4 rings (SSSR count). The number of hydrogen-bond acceptors (Lipinski definition) is 5. The first kappa shape index (κ1) is 21.5. The van der Waals surface area contributed by atoms with Crippen molar-refractivity contribution >= 4 is 11.8 Å². The molecule has 0 aliphatic carbocycles. The van der Waals surface area contributed by atoms with Crippen LogP contribution in [-0.4, -0.2) is 45.8 Å². The molecular formula is C22H19F3N4O3. The fourth-order valence-corrected chi connectivity index (χ4v) is 3.49. The predicted octanol–water partition coefficient (Wildman–Crippen LogP) is 3.79. The number of amides is 2. The maximum Gasteiger partial charge on any atom is 0.416 e. The average Bonchev–Trinajstić information content (AvgIpc) is 3.30. The molecule has 166 valence electrons. The fraction of sp³-hybridized carbons (Fsp3) is 0.273. The van der Waals surface area contributed by atoms with Gasteiger partial charge in [-0.1, -0.05) is 12.1 Å². The third kappa shape index (κ3) is 4.79. The van der Waals surface area contributed by atoms with Crippen LogP contribution in [0.5, 0.6) is 0 Å². The number of likely N-dealkylation sites (tertiary alicyclic amines) is 1. The van der Waals surface area contributed by atoms with Crippen molar-refractivity contribution in [1.29, 1.82) is 0 Å². The molecule has 1 N–H and O–H groups in total. The first-order valence-corrected chi connectivity index (χ1v) is 9.95. The number of nitrogens with one attached hydrogen (secondary N) is 1. The van der Waals surface area contributed by atoms with Crippen molar-refractivity contribution in [1.82, 2.24) is 20.2 Å². The van der Waals surface area contributed by atoms with Gasteiger partial charge in [0.1, 0.15) is 11.5 Å². The number of hydrogen-bond donors (Lipinski definition) is 1. The van der Waals surface area contributed by atoms with E-state index in [1.54, 1.807) is 11.0 Å². The minimum absolute atomic E-state index is 0.0676. The van der Waals surface area contributed by atoms with Crippen LogP contribution in [0.15, 0.2) is 59.4 Å². The molecule has 0 radical (unpaired) electrons. The molecule has 3 aromatic rings. The Balaban J connectivity index is 1.33. The smallest absolute Gasteiger partial charge is 0.416 e. The number of benzene rings is 1.